The summed E-state index contributed by atoms with van der Waals surface area (Å²) < 4.78 is 38.3. The monoisotopic (exact) mass is 284 g/mol. The van der Waals surface area contributed by atoms with Crippen molar-refractivity contribution in [3.05, 3.63) is 35.4 Å². The molecule has 0 aromatic heterocycles. The van der Waals surface area contributed by atoms with Gasteiger partial charge in [-0.1, -0.05) is 19.9 Å². The molecule has 0 bridgehead atoms. The number of alkyl halides is 3. The zero-order chi connectivity index (χ0) is 14.8. The lowest BCUT2D eigenvalue weighted by Gasteiger charge is -2.34. The van der Waals surface area contributed by atoms with Gasteiger partial charge in [0.25, 0.3) is 0 Å². The van der Waals surface area contributed by atoms with Gasteiger partial charge in [0.2, 0.25) is 0 Å². The largest absolute Gasteiger partial charge is 0.416 e. The number of hydrogen-bond acceptors (Lipinski definition) is 1. The molecule has 0 saturated carbocycles. The van der Waals surface area contributed by atoms with Crippen molar-refractivity contribution in [1.82, 2.24) is 4.90 Å². The van der Waals surface area contributed by atoms with Gasteiger partial charge in [-0.3, -0.25) is 0 Å². The second kappa shape index (κ2) is 6.17. The van der Waals surface area contributed by atoms with E-state index in [1.807, 2.05) is 0 Å². The highest BCUT2D eigenvalue weighted by Gasteiger charge is 2.31. The molecule has 1 atom stereocenters. The Labute approximate surface area is 118 Å². The molecule has 1 saturated heterocycles. The first-order chi connectivity index (χ1) is 9.36. The van der Waals surface area contributed by atoms with Gasteiger partial charge >= 0.3 is 6.18 Å². The van der Waals surface area contributed by atoms with Crippen molar-refractivity contribution in [2.45, 2.75) is 38.8 Å². The minimum atomic E-state index is -4.28. The molecule has 0 N–H and O–H groups in total. The maximum absolute atomic E-state index is 12.8. The molecule has 1 aromatic carbocycles. The molecule has 0 amide bonds. The van der Waals surface area contributed by atoms with Crippen LogP contribution in [0.1, 0.15) is 43.7 Å². The highest BCUT2D eigenvalue weighted by atomic mass is 19.4. The zero-order valence-corrected chi connectivity index (χ0v) is 12.0. The molecule has 1 aliphatic heterocycles. The lowest BCUT2D eigenvalue weighted by molar-refractivity contribution is -0.137. The van der Waals surface area contributed by atoms with Gasteiger partial charge in [0.05, 0.1) is 5.56 Å². The first-order valence-electron chi connectivity index (χ1n) is 7.17. The second-order valence-corrected chi connectivity index (χ2v) is 6.05. The van der Waals surface area contributed by atoms with E-state index in [4.69, 9.17) is 0 Å². The molecular formula is C16H21F3N. The Balaban J connectivity index is 2.11. The summed E-state index contributed by atoms with van der Waals surface area (Å²) >= 11 is 0. The van der Waals surface area contributed by atoms with Crippen LogP contribution < -0.4 is 0 Å². The maximum atomic E-state index is 12.8. The third-order valence-corrected chi connectivity index (χ3v) is 3.74. The fourth-order valence-corrected chi connectivity index (χ4v) is 2.90. The van der Waals surface area contributed by atoms with Crippen LogP contribution in [-0.2, 0) is 6.18 Å². The fraction of sp³-hybridized carbons (Fsp3) is 0.625. The van der Waals surface area contributed by atoms with E-state index in [9.17, 15) is 13.2 Å². The molecule has 20 heavy (non-hydrogen) atoms. The first-order valence-corrected chi connectivity index (χ1v) is 7.17. The van der Waals surface area contributed by atoms with Crippen molar-refractivity contribution in [1.29, 1.82) is 0 Å². The van der Waals surface area contributed by atoms with Gasteiger partial charge in [-0.2, -0.15) is 13.2 Å². The fourth-order valence-electron chi connectivity index (χ4n) is 2.90. The average molecular weight is 284 g/mol. The minimum Gasteiger partial charge on any atom is -0.302 e. The van der Waals surface area contributed by atoms with Crippen LogP contribution in [0.2, 0.25) is 0 Å². The number of halogens is 3. The quantitative estimate of drug-likeness (QED) is 0.798. The van der Waals surface area contributed by atoms with Gasteiger partial charge in [0.15, 0.2) is 0 Å². The molecule has 4 heteroatoms. The smallest absolute Gasteiger partial charge is 0.302 e. The van der Waals surface area contributed by atoms with E-state index in [1.165, 1.54) is 6.07 Å². The number of hydrogen-bond donors (Lipinski definition) is 0. The molecule has 0 aliphatic carbocycles. The second-order valence-electron chi connectivity index (χ2n) is 6.05. The number of rotatable bonds is 3. The number of likely N-dealkylation sites (tertiary alicyclic amines) is 1. The number of nitrogens with zero attached hydrogens (tertiary/aromatic N) is 1. The molecule has 0 spiro atoms. The summed E-state index contributed by atoms with van der Waals surface area (Å²) in [5, 5.41) is 0. The summed E-state index contributed by atoms with van der Waals surface area (Å²) in [6.45, 7) is 7.26. The Morgan fingerprint density at radius 2 is 2.10 bits per heavy atom. The Hall–Kier alpha value is -1.03. The third kappa shape index (κ3) is 3.98. The van der Waals surface area contributed by atoms with Crippen molar-refractivity contribution in [3.63, 3.8) is 0 Å². The molecule has 1 aromatic rings. The van der Waals surface area contributed by atoms with Crippen molar-refractivity contribution in [2.75, 3.05) is 19.6 Å². The molecule has 1 nitrogen and oxygen atoms in total. The summed E-state index contributed by atoms with van der Waals surface area (Å²) in [5.74, 6) is 0.780. The van der Waals surface area contributed by atoms with Gasteiger partial charge in [0, 0.05) is 13.1 Å². The molecule has 111 valence electrons. The SMILES string of the molecule is CC(C)CN1CCCC(c2c[c]cc(C(F)(F)F)c2)C1. The van der Waals surface area contributed by atoms with Crippen molar-refractivity contribution in [2.24, 2.45) is 5.92 Å². The van der Waals surface area contributed by atoms with Crippen molar-refractivity contribution >= 4 is 0 Å². The Kier molecular flexibility index (Phi) is 4.74. The van der Waals surface area contributed by atoms with Crippen LogP contribution in [0.4, 0.5) is 13.2 Å². The normalized spacial score (nSPS) is 21.4. The molecule has 1 unspecified atom stereocenters. The van der Waals surface area contributed by atoms with Crippen LogP contribution in [0, 0.1) is 12.0 Å². The Bertz CT molecular complexity index is 440. The van der Waals surface area contributed by atoms with Crippen LogP contribution >= 0.6 is 0 Å². The first kappa shape index (κ1) is 15.4. The minimum absolute atomic E-state index is 0.195. The zero-order valence-electron chi connectivity index (χ0n) is 12.0. The Morgan fingerprint density at radius 1 is 1.35 bits per heavy atom. The van der Waals surface area contributed by atoms with Gasteiger partial charge < -0.3 is 4.90 Å². The molecular weight excluding hydrogens is 263 g/mol. The standard InChI is InChI=1S/C16H21F3N/c1-12(2)10-20-8-4-6-14(11-20)13-5-3-7-15(9-13)16(17,18)19/h5,7,9,12,14H,4,6,8,10-11H2,1-2H3. The number of piperidine rings is 1. The van der Waals surface area contributed by atoms with Gasteiger partial charge in [-0.05, 0) is 55.0 Å². The summed E-state index contributed by atoms with van der Waals surface area (Å²) in [5.41, 5.74) is 0.185. The van der Waals surface area contributed by atoms with Gasteiger partial charge in [-0.25, -0.2) is 0 Å². The van der Waals surface area contributed by atoms with E-state index in [0.29, 0.717) is 5.92 Å². The molecule has 1 heterocycles. The predicted octanol–water partition coefficient (Wildman–Crippen LogP) is 4.34. The van der Waals surface area contributed by atoms with Crippen molar-refractivity contribution in [3.8, 4) is 0 Å². The molecule has 1 fully saturated rings. The van der Waals surface area contributed by atoms with Gasteiger partial charge in [-0.15, -0.1) is 0 Å². The van der Waals surface area contributed by atoms with E-state index in [-0.39, 0.29) is 5.92 Å². The van der Waals surface area contributed by atoms with E-state index < -0.39 is 11.7 Å². The maximum Gasteiger partial charge on any atom is 0.416 e. The van der Waals surface area contributed by atoms with Crippen LogP contribution in [0.3, 0.4) is 0 Å². The molecule has 1 aliphatic rings. The predicted molar refractivity (Wildman–Crippen MR) is 73.5 cm³/mol. The van der Waals surface area contributed by atoms with E-state index >= 15 is 0 Å². The summed E-state index contributed by atoms with van der Waals surface area (Å²) in [6, 6.07) is 6.68. The van der Waals surface area contributed by atoms with E-state index in [0.717, 1.165) is 44.1 Å². The highest BCUT2D eigenvalue weighted by molar-refractivity contribution is 5.28. The average Bonchev–Trinajstić information content (AvgIpc) is 2.37. The third-order valence-electron chi connectivity index (χ3n) is 3.74. The Morgan fingerprint density at radius 3 is 2.75 bits per heavy atom. The molecule has 2 rings (SSSR count). The lowest BCUT2D eigenvalue weighted by atomic mass is 9.89. The van der Waals surface area contributed by atoms with Crippen LogP contribution in [0.5, 0.6) is 0 Å². The van der Waals surface area contributed by atoms with E-state index in [2.05, 4.69) is 24.8 Å². The summed E-state index contributed by atoms with van der Waals surface area (Å²) in [7, 11) is 0. The molecule has 1 radical (unpaired) electrons. The summed E-state index contributed by atoms with van der Waals surface area (Å²) in [6.07, 6.45) is -2.27. The van der Waals surface area contributed by atoms with Gasteiger partial charge in [0.1, 0.15) is 0 Å². The lowest BCUT2D eigenvalue weighted by Crippen LogP contribution is -2.36. The van der Waals surface area contributed by atoms with Crippen molar-refractivity contribution < 1.29 is 13.2 Å². The van der Waals surface area contributed by atoms with E-state index in [1.54, 1.807) is 6.07 Å². The summed E-state index contributed by atoms with van der Waals surface area (Å²) in [4.78, 5) is 2.36. The number of benzene rings is 1. The van der Waals surface area contributed by atoms with Crippen LogP contribution in [0.15, 0.2) is 18.2 Å². The highest BCUT2D eigenvalue weighted by Crippen LogP contribution is 2.33. The topological polar surface area (TPSA) is 3.24 Å². The van der Waals surface area contributed by atoms with Crippen LogP contribution in [-0.4, -0.2) is 24.5 Å². The van der Waals surface area contributed by atoms with Crippen LogP contribution in [0.25, 0.3) is 0 Å².